The first-order chi connectivity index (χ1) is 8.84. The Hall–Kier alpha value is -1.54. The van der Waals surface area contributed by atoms with Crippen LogP contribution in [-0.2, 0) is 0 Å². The number of nitrogens with zero attached hydrogens (tertiary/aromatic N) is 2. The van der Waals surface area contributed by atoms with Crippen molar-refractivity contribution >= 4 is 17.3 Å². The molecule has 0 radical (unpaired) electrons. The van der Waals surface area contributed by atoms with Gasteiger partial charge in [0, 0.05) is 23.5 Å². The zero-order chi connectivity index (χ0) is 12.4. The van der Waals surface area contributed by atoms with E-state index in [1.54, 1.807) is 0 Å². The van der Waals surface area contributed by atoms with Crippen LogP contribution in [0.15, 0.2) is 48.7 Å². The minimum atomic E-state index is 0.396. The Morgan fingerprint density at radius 2 is 1.94 bits per heavy atom. The van der Waals surface area contributed by atoms with Crippen LogP contribution in [0.4, 0.5) is 5.69 Å². The van der Waals surface area contributed by atoms with Gasteiger partial charge >= 0.3 is 0 Å². The van der Waals surface area contributed by atoms with Crippen molar-refractivity contribution in [3.63, 3.8) is 0 Å². The van der Waals surface area contributed by atoms with Gasteiger partial charge < -0.3 is 4.90 Å². The van der Waals surface area contributed by atoms with Gasteiger partial charge in [-0.25, -0.2) is 0 Å². The molecule has 0 bridgehead atoms. The largest absolute Gasteiger partial charge is 0.363 e. The quantitative estimate of drug-likeness (QED) is 0.807. The number of pyridine rings is 1. The number of anilines is 1. The van der Waals surface area contributed by atoms with Crippen LogP contribution in [-0.4, -0.2) is 11.5 Å². The summed E-state index contributed by atoms with van der Waals surface area (Å²) in [5.41, 5.74) is 2.39. The fraction of sp³-hybridized carbons (Fsp3) is 0.267. The lowest BCUT2D eigenvalue weighted by Gasteiger charge is -2.26. The van der Waals surface area contributed by atoms with Crippen LogP contribution in [0.1, 0.15) is 24.6 Å². The average Bonchev–Trinajstić information content (AvgIpc) is 2.90. The van der Waals surface area contributed by atoms with Gasteiger partial charge in [-0.3, -0.25) is 4.98 Å². The number of rotatable bonds is 2. The molecule has 1 aliphatic rings. The van der Waals surface area contributed by atoms with Crippen molar-refractivity contribution in [1.82, 2.24) is 4.98 Å². The molecule has 1 aromatic heterocycles. The number of hydrogen-bond acceptors (Lipinski definition) is 2. The molecule has 1 aliphatic heterocycles. The standard InChI is InChI=1S/C15H15ClN2/c16-12-6-8-13(9-7-12)18-11-3-5-15(18)14-4-1-2-10-17-14/h1-2,4,6-10,15H,3,5,11H2/t15-/m0/s1. The van der Waals surface area contributed by atoms with E-state index in [9.17, 15) is 0 Å². The van der Waals surface area contributed by atoms with E-state index in [1.807, 2.05) is 24.4 Å². The average molecular weight is 259 g/mol. The molecule has 18 heavy (non-hydrogen) atoms. The fourth-order valence-corrected chi connectivity index (χ4v) is 2.71. The Balaban J connectivity index is 1.90. The third-order valence-corrected chi connectivity index (χ3v) is 3.69. The van der Waals surface area contributed by atoms with E-state index >= 15 is 0 Å². The van der Waals surface area contributed by atoms with E-state index in [-0.39, 0.29) is 0 Å². The minimum absolute atomic E-state index is 0.396. The lowest BCUT2D eigenvalue weighted by molar-refractivity contribution is 0.694. The number of aromatic nitrogens is 1. The zero-order valence-corrected chi connectivity index (χ0v) is 10.8. The second-order valence-electron chi connectivity index (χ2n) is 4.58. The highest BCUT2D eigenvalue weighted by atomic mass is 35.5. The van der Waals surface area contributed by atoms with Gasteiger partial charge in [-0.2, -0.15) is 0 Å². The molecule has 2 heterocycles. The van der Waals surface area contributed by atoms with Crippen LogP contribution in [0, 0.1) is 0 Å². The van der Waals surface area contributed by atoms with Crippen molar-refractivity contribution in [1.29, 1.82) is 0 Å². The maximum Gasteiger partial charge on any atom is 0.0714 e. The second-order valence-corrected chi connectivity index (χ2v) is 5.02. The Kier molecular flexibility index (Phi) is 3.20. The molecule has 1 aromatic carbocycles. The van der Waals surface area contributed by atoms with Crippen LogP contribution in [0.2, 0.25) is 5.02 Å². The molecule has 3 rings (SSSR count). The van der Waals surface area contributed by atoms with E-state index in [0.717, 1.165) is 17.3 Å². The van der Waals surface area contributed by atoms with E-state index in [0.29, 0.717) is 6.04 Å². The smallest absolute Gasteiger partial charge is 0.0714 e. The Morgan fingerprint density at radius 1 is 1.11 bits per heavy atom. The van der Waals surface area contributed by atoms with Crippen molar-refractivity contribution in [2.24, 2.45) is 0 Å². The van der Waals surface area contributed by atoms with Crippen molar-refractivity contribution in [3.05, 3.63) is 59.4 Å². The summed E-state index contributed by atoms with van der Waals surface area (Å²) >= 11 is 5.94. The van der Waals surface area contributed by atoms with Crippen molar-refractivity contribution in [2.75, 3.05) is 11.4 Å². The predicted octanol–water partition coefficient (Wildman–Crippen LogP) is 4.08. The first kappa shape index (κ1) is 11.5. The summed E-state index contributed by atoms with van der Waals surface area (Å²) in [6.45, 7) is 1.09. The Labute approximate surface area is 112 Å². The summed E-state index contributed by atoms with van der Waals surface area (Å²) in [4.78, 5) is 6.90. The normalized spacial score (nSPS) is 19.2. The molecular weight excluding hydrogens is 244 g/mol. The van der Waals surface area contributed by atoms with Crippen LogP contribution >= 0.6 is 11.6 Å². The highest BCUT2D eigenvalue weighted by Gasteiger charge is 2.26. The molecule has 92 valence electrons. The van der Waals surface area contributed by atoms with Crippen LogP contribution in [0.5, 0.6) is 0 Å². The van der Waals surface area contributed by atoms with Gasteiger partial charge in [0.2, 0.25) is 0 Å². The summed E-state index contributed by atoms with van der Waals surface area (Å²) in [6, 6.07) is 14.6. The Bertz CT molecular complexity index is 510. The molecule has 1 atom stereocenters. The molecule has 0 N–H and O–H groups in total. The van der Waals surface area contributed by atoms with Gasteiger partial charge in [0.25, 0.3) is 0 Å². The molecule has 1 saturated heterocycles. The first-order valence-electron chi connectivity index (χ1n) is 6.28. The summed E-state index contributed by atoms with van der Waals surface area (Å²) < 4.78 is 0. The van der Waals surface area contributed by atoms with Crippen LogP contribution in [0.3, 0.4) is 0 Å². The predicted molar refractivity (Wildman–Crippen MR) is 75.0 cm³/mol. The topological polar surface area (TPSA) is 16.1 Å². The van der Waals surface area contributed by atoms with E-state index in [2.05, 4.69) is 34.1 Å². The summed E-state index contributed by atoms with van der Waals surface area (Å²) in [7, 11) is 0. The Morgan fingerprint density at radius 3 is 2.67 bits per heavy atom. The van der Waals surface area contributed by atoms with Crippen molar-refractivity contribution in [2.45, 2.75) is 18.9 Å². The van der Waals surface area contributed by atoms with E-state index < -0.39 is 0 Å². The molecule has 0 aliphatic carbocycles. The molecule has 0 saturated carbocycles. The molecule has 2 nitrogen and oxygen atoms in total. The summed E-state index contributed by atoms with van der Waals surface area (Å²) in [5.74, 6) is 0. The van der Waals surface area contributed by atoms with Crippen LogP contribution < -0.4 is 4.90 Å². The molecule has 2 aromatic rings. The van der Waals surface area contributed by atoms with Crippen LogP contribution in [0.25, 0.3) is 0 Å². The monoisotopic (exact) mass is 258 g/mol. The maximum atomic E-state index is 5.94. The first-order valence-corrected chi connectivity index (χ1v) is 6.65. The van der Waals surface area contributed by atoms with Gasteiger partial charge in [0.15, 0.2) is 0 Å². The molecule has 0 spiro atoms. The van der Waals surface area contributed by atoms with Gasteiger partial charge in [-0.15, -0.1) is 0 Å². The van der Waals surface area contributed by atoms with E-state index in [1.165, 1.54) is 18.5 Å². The molecule has 3 heteroatoms. The summed E-state index contributed by atoms with van der Waals surface area (Å²) in [5, 5.41) is 0.785. The minimum Gasteiger partial charge on any atom is -0.363 e. The van der Waals surface area contributed by atoms with Gasteiger partial charge in [-0.05, 0) is 49.2 Å². The maximum absolute atomic E-state index is 5.94. The van der Waals surface area contributed by atoms with Crippen molar-refractivity contribution in [3.8, 4) is 0 Å². The second kappa shape index (κ2) is 4.99. The molecule has 1 fully saturated rings. The third-order valence-electron chi connectivity index (χ3n) is 3.44. The molecule has 0 unspecified atom stereocenters. The third kappa shape index (κ3) is 2.21. The van der Waals surface area contributed by atoms with Gasteiger partial charge in [0.05, 0.1) is 11.7 Å². The van der Waals surface area contributed by atoms with Gasteiger partial charge in [0.1, 0.15) is 0 Å². The zero-order valence-electron chi connectivity index (χ0n) is 10.1. The lowest BCUT2D eigenvalue weighted by Crippen LogP contribution is -2.23. The van der Waals surface area contributed by atoms with E-state index in [4.69, 9.17) is 11.6 Å². The lowest BCUT2D eigenvalue weighted by atomic mass is 10.1. The SMILES string of the molecule is Clc1ccc(N2CCC[C@H]2c2ccccn2)cc1. The number of halogens is 1. The highest BCUT2D eigenvalue weighted by Crippen LogP contribution is 2.35. The number of benzene rings is 1. The molecular formula is C15H15ClN2. The van der Waals surface area contributed by atoms with Crippen molar-refractivity contribution < 1.29 is 0 Å². The number of hydrogen-bond donors (Lipinski definition) is 0. The summed E-state index contributed by atoms with van der Waals surface area (Å²) in [6.07, 6.45) is 4.25. The fourth-order valence-electron chi connectivity index (χ4n) is 2.59. The van der Waals surface area contributed by atoms with Gasteiger partial charge in [-0.1, -0.05) is 17.7 Å². The highest BCUT2D eigenvalue weighted by molar-refractivity contribution is 6.30. The molecule has 0 amide bonds.